The highest BCUT2D eigenvalue weighted by atomic mass is 19.4. The molecule has 0 bridgehead atoms. The lowest BCUT2D eigenvalue weighted by Gasteiger charge is -2.23. The van der Waals surface area contributed by atoms with E-state index < -0.39 is 23.7 Å². The smallest absolute Gasteiger partial charge is 0.416 e. The maximum absolute atomic E-state index is 12.9. The van der Waals surface area contributed by atoms with Gasteiger partial charge in [0, 0.05) is 29.3 Å². The first kappa shape index (κ1) is 25.0. The lowest BCUT2D eigenvalue weighted by molar-refractivity contribution is -0.138. The summed E-state index contributed by atoms with van der Waals surface area (Å²) in [4.78, 5) is 35.8. The van der Waals surface area contributed by atoms with Gasteiger partial charge < -0.3 is 15.7 Å². The molecule has 3 N–H and O–H groups in total. The third-order valence-electron chi connectivity index (χ3n) is 6.13. The zero-order chi connectivity index (χ0) is 25.9. The molecule has 1 unspecified atom stereocenters. The molecule has 1 atom stereocenters. The molecule has 1 aliphatic carbocycles. The number of aryl methyl sites for hydroxylation is 1. The fourth-order valence-electron chi connectivity index (χ4n) is 4.29. The van der Waals surface area contributed by atoms with Gasteiger partial charge in [-0.15, -0.1) is 0 Å². The number of Topliss-reactive ketones (excluding diaryl/α,β-unsaturated/α-hetero) is 1. The lowest BCUT2D eigenvalue weighted by atomic mass is 9.79. The molecule has 0 saturated heterocycles. The number of alkyl halides is 3. The molecule has 3 aromatic carbocycles. The number of benzene rings is 3. The number of halogens is 3. The zero-order valence-electron chi connectivity index (χ0n) is 19.1. The molecular formula is C27H23F3N2O4. The summed E-state index contributed by atoms with van der Waals surface area (Å²) in [5.74, 6) is -1.20. The topological polar surface area (TPSA) is 95.5 Å². The van der Waals surface area contributed by atoms with Crippen molar-refractivity contribution in [1.29, 1.82) is 0 Å². The summed E-state index contributed by atoms with van der Waals surface area (Å²) in [6.07, 6.45) is -2.88. The Kier molecular flexibility index (Phi) is 7.10. The number of aliphatic carboxylic acids is 1. The van der Waals surface area contributed by atoms with Crippen LogP contribution >= 0.6 is 0 Å². The highest BCUT2D eigenvalue weighted by Gasteiger charge is 2.30. The van der Waals surface area contributed by atoms with Crippen LogP contribution in [-0.4, -0.2) is 22.9 Å². The number of ketones is 1. The molecule has 36 heavy (non-hydrogen) atoms. The fraction of sp³-hybridized carbons (Fsp3) is 0.222. The Bertz CT molecular complexity index is 1300. The number of carbonyl (C=O) groups excluding carboxylic acids is 2. The third-order valence-corrected chi connectivity index (χ3v) is 6.13. The number of hydrogen-bond acceptors (Lipinski definition) is 3. The average molecular weight is 496 g/mol. The second kappa shape index (κ2) is 10.2. The SMILES string of the molecule is O=C(O)CCC1CCc2cc(-c3ccc(NC(=O)Nc4cccc(C(F)(F)F)c4)cc3)ccc2C1=O. The molecule has 2 amide bonds. The average Bonchev–Trinajstić information content (AvgIpc) is 2.83. The van der Waals surface area contributed by atoms with Gasteiger partial charge in [-0.05, 0) is 66.3 Å². The van der Waals surface area contributed by atoms with Crippen molar-refractivity contribution in [3.8, 4) is 11.1 Å². The van der Waals surface area contributed by atoms with Crippen molar-refractivity contribution >= 4 is 29.2 Å². The van der Waals surface area contributed by atoms with Crippen LogP contribution in [0.2, 0.25) is 0 Å². The molecule has 0 aliphatic heterocycles. The Balaban J connectivity index is 1.40. The van der Waals surface area contributed by atoms with Crippen molar-refractivity contribution in [3.05, 3.63) is 83.4 Å². The second-order valence-electron chi connectivity index (χ2n) is 8.64. The van der Waals surface area contributed by atoms with Crippen molar-refractivity contribution in [2.75, 3.05) is 10.6 Å². The van der Waals surface area contributed by atoms with Gasteiger partial charge in [-0.3, -0.25) is 9.59 Å². The number of urea groups is 1. The van der Waals surface area contributed by atoms with Crippen molar-refractivity contribution in [2.45, 2.75) is 31.9 Å². The summed E-state index contributed by atoms with van der Waals surface area (Å²) in [6.45, 7) is 0. The molecule has 3 aromatic rings. The minimum absolute atomic E-state index is 0.0182. The van der Waals surface area contributed by atoms with E-state index in [-0.39, 0.29) is 23.8 Å². The number of carboxylic acids is 1. The Morgan fingerprint density at radius 2 is 1.61 bits per heavy atom. The number of fused-ring (bicyclic) bond motifs is 1. The number of carbonyl (C=O) groups is 3. The van der Waals surface area contributed by atoms with E-state index in [9.17, 15) is 27.6 Å². The Labute approximate surface area is 205 Å². The van der Waals surface area contributed by atoms with Gasteiger partial charge >= 0.3 is 18.2 Å². The highest BCUT2D eigenvalue weighted by Crippen LogP contribution is 2.33. The van der Waals surface area contributed by atoms with Gasteiger partial charge in [-0.2, -0.15) is 13.2 Å². The van der Waals surface area contributed by atoms with E-state index in [1.807, 2.05) is 12.1 Å². The normalized spacial score (nSPS) is 15.2. The van der Waals surface area contributed by atoms with Crippen LogP contribution in [0.15, 0.2) is 66.7 Å². The van der Waals surface area contributed by atoms with Crippen molar-refractivity contribution in [1.82, 2.24) is 0 Å². The van der Waals surface area contributed by atoms with Crippen LogP contribution in [0.1, 0.15) is 40.7 Å². The van der Waals surface area contributed by atoms with Crippen LogP contribution in [0.5, 0.6) is 0 Å². The van der Waals surface area contributed by atoms with Crippen LogP contribution in [0, 0.1) is 5.92 Å². The van der Waals surface area contributed by atoms with Crippen LogP contribution in [0.3, 0.4) is 0 Å². The first-order valence-electron chi connectivity index (χ1n) is 11.3. The Morgan fingerprint density at radius 1 is 0.917 bits per heavy atom. The van der Waals surface area contributed by atoms with E-state index in [1.54, 1.807) is 30.3 Å². The molecule has 0 heterocycles. The molecule has 9 heteroatoms. The summed E-state index contributed by atoms with van der Waals surface area (Å²) in [6, 6.07) is 16.2. The fourth-order valence-corrected chi connectivity index (χ4v) is 4.29. The van der Waals surface area contributed by atoms with E-state index in [2.05, 4.69) is 10.6 Å². The van der Waals surface area contributed by atoms with E-state index >= 15 is 0 Å². The van der Waals surface area contributed by atoms with Gasteiger partial charge in [0.15, 0.2) is 5.78 Å². The zero-order valence-corrected chi connectivity index (χ0v) is 19.1. The number of anilines is 2. The van der Waals surface area contributed by atoms with Gasteiger partial charge in [0.25, 0.3) is 0 Å². The monoisotopic (exact) mass is 496 g/mol. The summed E-state index contributed by atoms with van der Waals surface area (Å²) in [5.41, 5.74) is 2.93. The van der Waals surface area contributed by atoms with Gasteiger partial charge in [0.2, 0.25) is 0 Å². The molecule has 1 aliphatic rings. The molecule has 186 valence electrons. The van der Waals surface area contributed by atoms with Crippen LogP contribution in [-0.2, 0) is 17.4 Å². The summed E-state index contributed by atoms with van der Waals surface area (Å²) in [7, 11) is 0. The first-order chi connectivity index (χ1) is 17.1. The Morgan fingerprint density at radius 3 is 2.31 bits per heavy atom. The number of rotatable bonds is 6. The van der Waals surface area contributed by atoms with Crippen molar-refractivity contribution in [3.63, 3.8) is 0 Å². The minimum Gasteiger partial charge on any atom is -0.481 e. The van der Waals surface area contributed by atoms with Gasteiger partial charge in [0.05, 0.1) is 5.56 Å². The van der Waals surface area contributed by atoms with E-state index in [0.29, 0.717) is 30.5 Å². The van der Waals surface area contributed by atoms with E-state index in [0.717, 1.165) is 28.8 Å². The quantitative estimate of drug-likeness (QED) is 0.357. The van der Waals surface area contributed by atoms with Gasteiger partial charge in [-0.25, -0.2) is 4.79 Å². The predicted molar refractivity (Wildman–Crippen MR) is 129 cm³/mol. The lowest BCUT2D eigenvalue weighted by Crippen LogP contribution is -2.23. The largest absolute Gasteiger partial charge is 0.481 e. The van der Waals surface area contributed by atoms with Crippen molar-refractivity contribution in [2.24, 2.45) is 5.92 Å². The first-order valence-corrected chi connectivity index (χ1v) is 11.3. The predicted octanol–water partition coefficient (Wildman–Crippen LogP) is 6.63. The van der Waals surface area contributed by atoms with Gasteiger partial charge in [-0.1, -0.05) is 36.4 Å². The van der Waals surface area contributed by atoms with Crippen molar-refractivity contribution < 1.29 is 32.7 Å². The molecule has 0 saturated carbocycles. The molecule has 0 spiro atoms. The second-order valence-corrected chi connectivity index (χ2v) is 8.64. The molecule has 0 fully saturated rings. The molecular weight excluding hydrogens is 473 g/mol. The van der Waals surface area contributed by atoms with Crippen LogP contribution in [0.4, 0.5) is 29.3 Å². The summed E-state index contributed by atoms with van der Waals surface area (Å²) >= 11 is 0. The number of hydrogen-bond donors (Lipinski definition) is 3. The van der Waals surface area contributed by atoms with E-state index in [1.165, 1.54) is 12.1 Å². The Hall–Kier alpha value is -4.14. The van der Waals surface area contributed by atoms with Gasteiger partial charge in [0.1, 0.15) is 0 Å². The van der Waals surface area contributed by atoms with Crippen LogP contribution in [0.25, 0.3) is 11.1 Å². The maximum atomic E-state index is 12.9. The molecule has 0 radical (unpaired) electrons. The molecule has 0 aromatic heterocycles. The minimum atomic E-state index is -4.50. The number of nitrogens with one attached hydrogen (secondary N) is 2. The highest BCUT2D eigenvalue weighted by molar-refractivity contribution is 6.01. The molecule has 6 nitrogen and oxygen atoms in total. The number of amides is 2. The van der Waals surface area contributed by atoms with Crippen LogP contribution < -0.4 is 10.6 Å². The number of carboxylic acid groups (broad SMARTS) is 1. The summed E-state index contributed by atoms with van der Waals surface area (Å²) < 4.78 is 38.6. The molecule has 4 rings (SSSR count). The standard InChI is InChI=1S/C27H23F3N2O4/c28-27(29,30)20-2-1-3-22(15-20)32-26(36)31-21-10-6-16(7-11-21)18-8-12-23-19(14-18)5-4-17(25(23)35)9-13-24(33)34/h1-3,6-8,10-12,14-15,17H,4-5,9,13H2,(H,33,34)(H2,31,32,36). The summed E-state index contributed by atoms with van der Waals surface area (Å²) in [5, 5.41) is 13.9. The third kappa shape index (κ3) is 5.91. The van der Waals surface area contributed by atoms with E-state index in [4.69, 9.17) is 5.11 Å². The maximum Gasteiger partial charge on any atom is 0.416 e.